The number of hydrogen-bond donors (Lipinski definition) is 0. The number of fused-ring (bicyclic) bond motifs is 1. The third-order valence-corrected chi connectivity index (χ3v) is 6.68. The molecule has 40 heavy (non-hydrogen) atoms. The molecule has 6 nitrogen and oxygen atoms in total. The van der Waals surface area contributed by atoms with Gasteiger partial charge in [0.1, 0.15) is 11.9 Å². The maximum absolute atomic E-state index is 12.3. The Morgan fingerprint density at radius 3 is 1.85 bits per heavy atom. The molecule has 1 aliphatic rings. The first-order valence-corrected chi connectivity index (χ1v) is 12.9. The van der Waals surface area contributed by atoms with Crippen molar-refractivity contribution in [3.63, 3.8) is 0 Å². The van der Waals surface area contributed by atoms with E-state index >= 15 is 0 Å². The van der Waals surface area contributed by atoms with Crippen LogP contribution in [-0.4, -0.2) is 24.0 Å². The second kappa shape index (κ2) is 11.6. The lowest BCUT2D eigenvalue weighted by Gasteiger charge is -2.21. The number of carbonyl (C=O) groups is 3. The van der Waals surface area contributed by atoms with Crippen LogP contribution in [0.4, 0.5) is 0 Å². The number of ether oxygens (including phenoxy) is 3. The predicted octanol–water partition coefficient (Wildman–Crippen LogP) is 7.01. The molecule has 4 rings (SSSR count). The fourth-order valence-electron chi connectivity index (χ4n) is 4.52. The van der Waals surface area contributed by atoms with Gasteiger partial charge in [-0.25, -0.2) is 14.4 Å². The van der Waals surface area contributed by atoms with Crippen LogP contribution < -0.4 is 4.74 Å². The van der Waals surface area contributed by atoms with E-state index in [0.29, 0.717) is 17.7 Å². The molecular formula is C34H32O6. The zero-order valence-corrected chi connectivity index (χ0v) is 23.2. The lowest BCUT2D eigenvalue weighted by atomic mass is 9.94. The number of hydrogen-bond acceptors (Lipinski definition) is 6. The molecule has 0 saturated heterocycles. The molecule has 0 amide bonds. The van der Waals surface area contributed by atoms with Gasteiger partial charge in [0.25, 0.3) is 0 Å². The fourth-order valence-corrected chi connectivity index (χ4v) is 4.52. The van der Waals surface area contributed by atoms with Crippen molar-refractivity contribution in [2.75, 3.05) is 0 Å². The average Bonchev–Trinajstić information content (AvgIpc) is 3.24. The van der Waals surface area contributed by atoms with Crippen molar-refractivity contribution in [3.05, 3.63) is 114 Å². The predicted molar refractivity (Wildman–Crippen MR) is 155 cm³/mol. The lowest BCUT2D eigenvalue weighted by molar-refractivity contribution is -0.161. The molecule has 2 unspecified atom stereocenters. The van der Waals surface area contributed by atoms with Crippen LogP contribution in [0.5, 0.6) is 5.75 Å². The van der Waals surface area contributed by atoms with Crippen LogP contribution in [0.15, 0.2) is 97.1 Å². The molecule has 6 heteroatoms. The van der Waals surface area contributed by atoms with Crippen molar-refractivity contribution >= 4 is 17.9 Å². The topological polar surface area (TPSA) is 78.9 Å². The SMILES string of the molecule is C=C(C)C(=O)Oc1ccc(-c2ccc(-c3ccc4c(c3)CC(OC(=O)C(=C)C)C4OC(=O)C(=C)C)cc2C)cc1. The van der Waals surface area contributed by atoms with Crippen molar-refractivity contribution in [2.45, 2.75) is 46.3 Å². The van der Waals surface area contributed by atoms with E-state index in [2.05, 4.69) is 31.9 Å². The zero-order chi connectivity index (χ0) is 29.1. The van der Waals surface area contributed by atoms with Crippen molar-refractivity contribution in [3.8, 4) is 28.0 Å². The minimum absolute atomic E-state index is 0.271. The summed E-state index contributed by atoms with van der Waals surface area (Å²) in [6, 6.07) is 19.5. The number of carbonyl (C=O) groups excluding carboxylic acids is 3. The Bertz CT molecular complexity index is 1540. The highest BCUT2D eigenvalue weighted by Crippen LogP contribution is 2.40. The molecule has 0 aromatic heterocycles. The molecule has 0 bridgehead atoms. The van der Waals surface area contributed by atoms with Gasteiger partial charge in [0, 0.05) is 23.1 Å². The van der Waals surface area contributed by atoms with E-state index in [1.807, 2.05) is 43.3 Å². The summed E-state index contributed by atoms with van der Waals surface area (Å²) in [4.78, 5) is 36.4. The van der Waals surface area contributed by atoms with E-state index in [-0.39, 0.29) is 11.1 Å². The van der Waals surface area contributed by atoms with Crippen LogP contribution >= 0.6 is 0 Å². The van der Waals surface area contributed by atoms with Gasteiger partial charge in [-0.3, -0.25) is 0 Å². The highest BCUT2D eigenvalue weighted by molar-refractivity contribution is 5.89. The Labute approximate surface area is 234 Å². The highest BCUT2D eigenvalue weighted by Gasteiger charge is 2.38. The summed E-state index contributed by atoms with van der Waals surface area (Å²) in [5, 5.41) is 0. The highest BCUT2D eigenvalue weighted by atomic mass is 16.6. The van der Waals surface area contributed by atoms with Gasteiger partial charge in [-0.15, -0.1) is 0 Å². The molecule has 0 spiro atoms. The van der Waals surface area contributed by atoms with Crippen LogP contribution in [0.3, 0.4) is 0 Å². The Hall–Kier alpha value is -4.71. The molecule has 1 aliphatic carbocycles. The first kappa shape index (κ1) is 28.3. The van der Waals surface area contributed by atoms with Gasteiger partial charge in [0.2, 0.25) is 0 Å². The minimum Gasteiger partial charge on any atom is -0.454 e. The Balaban J connectivity index is 1.59. The summed E-state index contributed by atoms with van der Waals surface area (Å²) < 4.78 is 16.6. The first-order valence-electron chi connectivity index (χ1n) is 12.9. The maximum Gasteiger partial charge on any atom is 0.338 e. The van der Waals surface area contributed by atoms with Crippen molar-refractivity contribution in [2.24, 2.45) is 0 Å². The third-order valence-electron chi connectivity index (χ3n) is 6.68. The molecule has 0 fully saturated rings. The molecule has 0 N–H and O–H groups in total. The Morgan fingerprint density at radius 2 is 1.25 bits per heavy atom. The average molecular weight is 537 g/mol. The number of rotatable bonds is 8. The third kappa shape index (κ3) is 6.12. The smallest absolute Gasteiger partial charge is 0.338 e. The largest absolute Gasteiger partial charge is 0.454 e. The van der Waals surface area contributed by atoms with E-state index in [1.54, 1.807) is 32.9 Å². The fraction of sp³-hybridized carbons (Fsp3) is 0.206. The van der Waals surface area contributed by atoms with Crippen molar-refractivity contribution in [1.29, 1.82) is 0 Å². The Kier molecular flexibility index (Phi) is 8.19. The molecular weight excluding hydrogens is 504 g/mol. The van der Waals surface area contributed by atoms with Gasteiger partial charge in [0.15, 0.2) is 6.10 Å². The number of esters is 3. The normalized spacial score (nSPS) is 15.5. The monoisotopic (exact) mass is 536 g/mol. The van der Waals surface area contributed by atoms with Gasteiger partial charge < -0.3 is 14.2 Å². The summed E-state index contributed by atoms with van der Waals surface area (Å²) >= 11 is 0. The van der Waals surface area contributed by atoms with Gasteiger partial charge >= 0.3 is 17.9 Å². The van der Waals surface area contributed by atoms with E-state index in [0.717, 1.165) is 38.9 Å². The molecule has 204 valence electrons. The maximum atomic E-state index is 12.3. The standard InChI is InChI=1S/C34H32O6/c1-19(2)32(35)38-27-12-8-23(9-13-27)28-14-10-24(16-22(28)7)25-11-15-29-26(17-25)18-30(39-33(36)20(3)4)31(29)40-34(37)21(5)6/h8-17,30-31H,1,3,5,18H2,2,4,6-7H3. The van der Waals surface area contributed by atoms with Crippen LogP contribution in [-0.2, 0) is 30.3 Å². The molecule has 3 aromatic carbocycles. The number of benzene rings is 3. The molecule has 0 radical (unpaired) electrons. The summed E-state index contributed by atoms with van der Waals surface area (Å²) in [5.74, 6) is -1.05. The summed E-state index contributed by atoms with van der Waals surface area (Å²) in [5.41, 5.74) is 7.78. The molecule has 0 aliphatic heterocycles. The lowest BCUT2D eigenvalue weighted by Crippen LogP contribution is -2.26. The van der Waals surface area contributed by atoms with Crippen molar-refractivity contribution < 1.29 is 28.6 Å². The van der Waals surface area contributed by atoms with Crippen LogP contribution in [0.1, 0.15) is 43.6 Å². The summed E-state index contributed by atoms with van der Waals surface area (Å²) in [6.07, 6.45) is -0.965. The first-order chi connectivity index (χ1) is 18.9. The van der Waals surface area contributed by atoms with Crippen molar-refractivity contribution in [1.82, 2.24) is 0 Å². The van der Waals surface area contributed by atoms with Gasteiger partial charge in [-0.2, -0.15) is 0 Å². The van der Waals surface area contributed by atoms with E-state index in [9.17, 15) is 14.4 Å². The summed E-state index contributed by atoms with van der Waals surface area (Å²) in [7, 11) is 0. The Morgan fingerprint density at radius 1 is 0.700 bits per heavy atom. The molecule has 3 aromatic rings. The van der Waals surface area contributed by atoms with E-state index < -0.39 is 30.1 Å². The van der Waals surface area contributed by atoms with Crippen LogP contribution in [0.25, 0.3) is 22.3 Å². The van der Waals surface area contributed by atoms with Crippen LogP contribution in [0.2, 0.25) is 0 Å². The molecule has 0 saturated carbocycles. The van der Waals surface area contributed by atoms with Crippen LogP contribution in [0, 0.1) is 6.92 Å². The quantitative estimate of drug-likeness (QED) is 0.175. The van der Waals surface area contributed by atoms with E-state index in [1.165, 1.54) is 0 Å². The zero-order valence-electron chi connectivity index (χ0n) is 23.2. The van der Waals surface area contributed by atoms with Gasteiger partial charge in [-0.1, -0.05) is 68.3 Å². The minimum atomic E-state index is -0.724. The van der Waals surface area contributed by atoms with Gasteiger partial charge in [0.05, 0.1) is 0 Å². The van der Waals surface area contributed by atoms with E-state index in [4.69, 9.17) is 14.2 Å². The number of aryl methyl sites for hydroxylation is 1. The molecule has 0 heterocycles. The second-order valence-corrected chi connectivity index (χ2v) is 10.2. The van der Waals surface area contributed by atoms with Gasteiger partial charge in [-0.05, 0) is 78.8 Å². The summed E-state index contributed by atoms with van der Waals surface area (Å²) in [6.45, 7) is 17.7. The molecule has 2 atom stereocenters. The second-order valence-electron chi connectivity index (χ2n) is 10.2.